The highest BCUT2D eigenvalue weighted by atomic mass is 31.2. The lowest BCUT2D eigenvalue weighted by atomic mass is 10.0. The zero-order chi connectivity index (χ0) is 64.4. The van der Waals surface area contributed by atoms with Crippen molar-refractivity contribution in [2.24, 2.45) is 5.73 Å². The predicted molar refractivity (Wildman–Crippen MR) is 385 cm³/mol. The molecule has 0 bridgehead atoms. The third kappa shape index (κ3) is 73.9. The molecule has 0 fully saturated rings. The molecule has 0 saturated carbocycles. The van der Waals surface area contributed by atoms with Crippen molar-refractivity contribution >= 4 is 19.8 Å². The fourth-order valence-electron chi connectivity index (χ4n) is 10.9. The Kier molecular flexibility index (Phi) is 71.4. The van der Waals surface area contributed by atoms with E-state index in [9.17, 15) is 19.0 Å². The zero-order valence-electron chi connectivity index (χ0n) is 58.2. The van der Waals surface area contributed by atoms with E-state index in [1.807, 2.05) is 0 Å². The van der Waals surface area contributed by atoms with Crippen molar-refractivity contribution in [1.29, 1.82) is 0 Å². The maximum atomic E-state index is 12.8. The smallest absolute Gasteiger partial charge is 0.462 e. The molecule has 0 aliphatic heterocycles. The van der Waals surface area contributed by atoms with Crippen molar-refractivity contribution in [2.45, 2.75) is 367 Å². The second-order valence-corrected chi connectivity index (χ2v) is 26.6. The summed E-state index contributed by atoms with van der Waals surface area (Å²) in [5, 5.41) is 0. The Morgan fingerprint density at radius 3 is 0.921 bits per heavy atom. The molecule has 0 saturated heterocycles. The zero-order valence-corrected chi connectivity index (χ0v) is 59.1. The molecule has 0 aliphatic carbocycles. The number of carbonyl (C=O) groups excluding carboxylic acids is 2. The molecule has 0 heterocycles. The van der Waals surface area contributed by atoms with Crippen LogP contribution in [0.5, 0.6) is 0 Å². The summed E-state index contributed by atoms with van der Waals surface area (Å²) in [6.45, 7) is 3.66. The predicted octanol–water partition coefficient (Wildman–Crippen LogP) is 25.1. The van der Waals surface area contributed by atoms with Crippen molar-refractivity contribution in [3.05, 3.63) is 97.2 Å². The lowest BCUT2D eigenvalue weighted by Crippen LogP contribution is -2.29. The summed E-state index contributed by atoms with van der Waals surface area (Å²) in [6, 6.07) is 0. The van der Waals surface area contributed by atoms with Gasteiger partial charge in [-0.05, 0) is 96.3 Å². The summed E-state index contributed by atoms with van der Waals surface area (Å²) in [4.78, 5) is 35.4. The largest absolute Gasteiger partial charge is 0.472 e. The maximum Gasteiger partial charge on any atom is 0.472 e. The number of nitrogens with two attached hydrogens (primary N) is 1. The first-order valence-electron chi connectivity index (χ1n) is 37.7. The lowest BCUT2D eigenvalue weighted by Gasteiger charge is -2.19. The van der Waals surface area contributed by atoms with Gasteiger partial charge in [-0.1, -0.05) is 349 Å². The fraction of sp³-hybridized carbons (Fsp3) is 0.772. The van der Waals surface area contributed by atoms with Crippen LogP contribution in [0.4, 0.5) is 0 Å². The number of phosphoric acid groups is 1. The van der Waals surface area contributed by atoms with Gasteiger partial charge in [0.15, 0.2) is 6.10 Å². The number of carbonyl (C=O) groups is 2. The van der Waals surface area contributed by atoms with E-state index in [0.717, 1.165) is 77.0 Å². The van der Waals surface area contributed by atoms with Gasteiger partial charge in [0, 0.05) is 19.4 Å². The van der Waals surface area contributed by atoms with Crippen LogP contribution in [0.2, 0.25) is 0 Å². The van der Waals surface area contributed by atoms with Crippen molar-refractivity contribution in [2.75, 3.05) is 26.4 Å². The maximum absolute atomic E-state index is 12.8. The number of hydrogen-bond donors (Lipinski definition) is 2. The molecule has 0 aromatic carbocycles. The number of phosphoric ester groups is 1. The molecule has 3 N–H and O–H groups in total. The van der Waals surface area contributed by atoms with Gasteiger partial charge in [-0.2, -0.15) is 0 Å². The molecule has 0 aromatic heterocycles. The number of ether oxygens (including phenoxy) is 2. The Labute approximate surface area is 550 Å². The van der Waals surface area contributed by atoms with Gasteiger partial charge in [-0.15, -0.1) is 0 Å². The van der Waals surface area contributed by atoms with Crippen molar-refractivity contribution in [1.82, 2.24) is 0 Å². The summed E-state index contributed by atoms with van der Waals surface area (Å²) in [7, 11) is -4.40. The molecule has 0 rings (SSSR count). The molecule has 10 heteroatoms. The molecule has 0 aliphatic rings. The highest BCUT2D eigenvalue weighted by molar-refractivity contribution is 7.47. The average molecular weight is 1260 g/mol. The second kappa shape index (κ2) is 74.0. The van der Waals surface area contributed by atoms with Gasteiger partial charge < -0.3 is 20.1 Å². The van der Waals surface area contributed by atoms with Crippen LogP contribution in [0.15, 0.2) is 97.2 Å². The normalized spacial score (nSPS) is 13.4. The molecule has 0 amide bonds. The molecular formula is C79H142NO8P. The Bertz CT molecular complexity index is 1780. The van der Waals surface area contributed by atoms with Crippen LogP contribution in [-0.2, 0) is 32.7 Å². The van der Waals surface area contributed by atoms with E-state index in [1.54, 1.807) is 0 Å². The van der Waals surface area contributed by atoms with E-state index >= 15 is 0 Å². The van der Waals surface area contributed by atoms with Gasteiger partial charge in [0.1, 0.15) is 6.61 Å². The minimum Gasteiger partial charge on any atom is -0.462 e. The quantitative estimate of drug-likeness (QED) is 0.0264. The summed E-state index contributed by atoms with van der Waals surface area (Å²) in [5.41, 5.74) is 5.41. The van der Waals surface area contributed by atoms with Gasteiger partial charge in [-0.25, -0.2) is 4.57 Å². The van der Waals surface area contributed by atoms with Crippen LogP contribution in [0, 0.1) is 0 Å². The lowest BCUT2D eigenvalue weighted by molar-refractivity contribution is -0.161. The van der Waals surface area contributed by atoms with Gasteiger partial charge in [0.2, 0.25) is 0 Å². The number of rotatable bonds is 71. The Hall–Kier alpha value is -3.07. The number of esters is 2. The van der Waals surface area contributed by atoms with Gasteiger partial charge in [-0.3, -0.25) is 18.6 Å². The van der Waals surface area contributed by atoms with E-state index in [0.29, 0.717) is 6.42 Å². The minimum absolute atomic E-state index is 0.0524. The van der Waals surface area contributed by atoms with Crippen LogP contribution in [-0.4, -0.2) is 49.3 Å². The molecule has 2 unspecified atom stereocenters. The number of hydrogen-bond acceptors (Lipinski definition) is 8. The Balaban J connectivity index is 3.79. The SMILES string of the molecule is CC/C=C\C/C=C\C/C=C\C/C=C\C/C=C\CCCCCCCCCCCCCCCCCCCCCCCCCCCC(=O)OC(COC(=O)CCCCCCCCCCCCCC/C=C\C/C=C\C/C=C\CCCCCCC)COP(=O)(O)OCCN. The molecular weight excluding hydrogens is 1120 g/mol. The van der Waals surface area contributed by atoms with Crippen molar-refractivity contribution in [3.63, 3.8) is 0 Å². The third-order valence-electron chi connectivity index (χ3n) is 16.5. The van der Waals surface area contributed by atoms with Crippen LogP contribution < -0.4 is 5.73 Å². The number of allylic oxidation sites excluding steroid dienone is 16. The third-order valence-corrected chi connectivity index (χ3v) is 17.4. The van der Waals surface area contributed by atoms with Crippen LogP contribution in [0.25, 0.3) is 0 Å². The van der Waals surface area contributed by atoms with Crippen LogP contribution in [0.3, 0.4) is 0 Å². The van der Waals surface area contributed by atoms with Gasteiger partial charge in [0.25, 0.3) is 0 Å². The molecule has 89 heavy (non-hydrogen) atoms. The Morgan fingerprint density at radius 1 is 0.348 bits per heavy atom. The highest BCUT2D eigenvalue weighted by Gasteiger charge is 2.26. The molecule has 2 atom stereocenters. The van der Waals surface area contributed by atoms with E-state index in [-0.39, 0.29) is 38.6 Å². The topological polar surface area (TPSA) is 134 Å². The van der Waals surface area contributed by atoms with E-state index in [4.69, 9.17) is 24.3 Å². The van der Waals surface area contributed by atoms with E-state index in [1.165, 1.54) is 250 Å². The highest BCUT2D eigenvalue weighted by Crippen LogP contribution is 2.43. The molecule has 0 radical (unpaired) electrons. The van der Waals surface area contributed by atoms with E-state index < -0.39 is 26.5 Å². The first-order chi connectivity index (χ1) is 43.8. The molecule has 516 valence electrons. The number of unbranched alkanes of at least 4 members (excludes halogenated alkanes) is 42. The van der Waals surface area contributed by atoms with Crippen molar-refractivity contribution in [3.8, 4) is 0 Å². The summed E-state index contributed by atoms with van der Waals surface area (Å²) in [6.07, 6.45) is 101. The van der Waals surface area contributed by atoms with Gasteiger partial charge >= 0.3 is 19.8 Å². The fourth-order valence-corrected chi connectivity index (χ4v) is 11.7. The van der Waals surface area contributed by atoms with Crippen LogP contribution in [0.1, 0.15) is 361 Å². The summed E-state index contributed by atoms with van der Waals surface area (Å²) in [5.74, 6) is -0.815. The molecule has 0 spiro atoms. The van der Waals surface area contributed by atoms with Gasteiger partial charge in [0.05, 0.1) is 13.2 Å². The van der Waals surface area contributed by atoms with Crippen molar-refractivity contribution < 1.29 is 37.6 Å². The van der Waals surface area contributed by atoms with Crippen LogP contribution >= 0.6 is 7.82 Å². The summed E-state index contributed by atoms with van der Waals surface area (Å²) >= 11 is 0. The molecule has 9 nitrogen and oxygen atoms in total. The summed E-state index contributed by atoms with van der Waals surface area (Å²) < 4.78 is 33.2. The Morgan fingerprint density at radius 2 is 0.618 bits per heavy atom. The standard InChI is InChI=1S/C79H142NO8P/c1-3-5-7-9-11-13-15-17-19-21-23-25-27-29-31-32-33-34-35-36-37-38-39-40-41-42-43-44-46-48-50-52-54-56-58-60-62-64-66-68-70-72-79(82)88-77(76-87-89(83,84)86-74-73-80)75-85-78(81)71-69-67-65-63-61-59-57-55-53-51-49-47-45-30-28-26-24-22-20-18-16-14-12-10-8-6-4-2/h5,7,11,13,16-19,22-25,28-31,77H,3-4,6,8-10,12,14-15,20-21,26-27,32-76,80H2,1-2H3,(H,83,84)/b7-5-,13-11-,18-16-,19-17-,24-22-,25-23-,30-28-,31-29-. The second-order valence-electron chi connectivity index (χ2n) is 25.1. The monoisotopic (exact) mass is 1260 g/mol. The average Bonchev–Trinajstić information content (AvgIpc) is 3.58. The van der Waals surface area contributed by atoms with E-state index in [2.05, 4.69) is 111 Å². The first kappa shape index (κ1) is 85.9. The first-order valence-corrected chi connectivity index (χ1v) is 39.2. The molecule has 0 aromatic rings. The minimum atomic E-state index is -4.40.